The van der Waals surface area contributed by atoms with E-state index < -0.39 is 0 Å². The SMILES string of the molecule is SCSC1=C(CC(S)C(C(SCS)SCS)C(S)C(SCS)C(SCS)C(S)CS)SCS1. The zero-order valence-corrected chi connectivity index (χ0v) is 31.3. The fourth-order valence-corrected chi connectivity index (χ4v) is 18.0. The van der Waals surface area contributed by atoms with E-state index in [1.165, 1.54) is 9.14 Å². The third-order valence-electron chi connectivity index (χ3n) is 4.63. The van der Waals surface area contributed by atoms with Gasteiger partial charge in [-0.1, -0.05) is 0 Å². The molecule has 0 saturated heterocycles. The molecule has 6 unspecified atom stereocenters. The summed E-state index contributed by atoms with van der Waals surface area (Å²) in [4.78, 5) is 1.44. The van der Waals surface area contributed by atoms with Gasteiger partial charge in [-0.15, -0.1) is 82.3 Å². The standard InChI is InChI=1S/C17H32S16/c18-2-10(25)14(27-3-19)15(28-4-20)13(26)12(17(30-6-22)31-7-23)9(24)1-11-16(29-5-21)33-8-32-11/h9-10,12-15,17-26H,1-8H2. The first-order chi connectivity index (χ1) is 15.9. The van der Waals surface area contributed by atoms with Crippen molar-refractivity contribution < 1.29 is 0 Å². The number of thioether (sulfide) groups is 7. The van der Waals surface area contributed by atoms with E-state index >= 15 is 0 Å². The zero-order chi connectivity index (χ0) is 24.8. The van der Waals surface area contributed by atoms with Gasteiger partial charge in [0.15, 0.2) is 0 Å². The van der Waals surface area contributed by atoms with Crippen molar-refractivity contribution in [3.63, 3.8) is 0 Å². The lowest BCUT2D eigenvalue weighted by Gasteiger charge is -2.41. The van der Waals surface area contributed by atoms with Gasteiger partial charge in [-0.25, -0.2) is 0 Å². The van der Waals surface area contributed by atoms with Crippen LogP contribution in [0.3, 0.4) is 0 Å². The van der Waals surface area contributed by atoms with Crippen molar-refractivity contribution in [3.05, 3.63) is 9.14 Å². The van der Waals surface area contributed by atoms with Crippen molar-refractivity contribution >= 4 is 196 Å². The Hall–Kier alpha value is 5.34. The molecular weight excluding hydrogens is 717 g/mol. The largest absolute Gasteiger partial charge is 0.178 e. The van der Waals surface area contributed by atoms with Crippen LogP contribution in [0, 0.1) is 5.92 Å². The quantitative estimate of drug-likeness (QED) is 0.0474. The molecule has 1 aliphatic heterocycles. The lowest BCUT2D eigenvalue weighted by molar-refractivity contribution is 0.504. The minimum absolute atomic E-state index is 0.0990. The second kappa shape index (κ2) is 22.0. The van der Waals surface area contributed by atoms with Crippen LogP contribution in [0.2, 0.25) is 0 Å². The average Bonchev–Trinajstić information content (AvgIpc) is 3.22. The topological polar surface area (TPSA) is 0 Å². The van der Waals surface area contributed by atoms with Crippen molar-refractivity contribution in [2.24, 2.45) is 5.92 Å². The van der Waals surface area contributed by atoms with Crippen LogP contribution in [-0.2, 0) is 0 Å². The highest BCUT2D eigenvalue weighted by molar-refractivity contribution is 8.32. The summed E-state index contributed by atoms with van der Waals surface area (Å²) in [7, 11) is 0. The van der Waals surface area contributed by atoms with Gasteiger partial charge in [0.25, 0.3) is 0 Å². The molecule has 0 saturated carbocycles. The van der Waals surface area contributed by atoms with Crippen molar-refractivity contribution in [1.82, 2.24) is 0 Å². The van der Waals surface area contributed by atoms with E-state index in [-0.39, 0.29) is 32.2 Å². The highest BCUT2D eigenvalue weighted by Crippen LogP contribution is 2.51. The second-order valence-electron chi connectivity index (χ2n) is 6.46. The summed E-state index contributed by atoms with van der Waals surface area (Å²) in [5, 5.41) is 5.75. The highest BCUT2D eigenvalue weighted by atomic mass is 32.2. The maximum absolute atomic E-state index is 5.32. The van der Waals surface area contributed by atoms with Gasteiger partial charge >= 0.3 is 0 Å². The number of rotatable bonds is 19. The van der Waals surface area contributed by atoms with Gasteiger partial charge in [-0.05, 0) is 6.42 Å². The smallest absolute Gasteiger partial charge is 0.0568 e. The van der Waals surface area contributed by atoms with E-state index in [1.807, 2.05) is 82.3 Å². The van der Waals surface area contributed by atoms with Crippen LogP contribution in [-0.4, -0.2) is 67.1 Å². The molecule has 0 radical (unpaired) electrons. The summed E-state index contributed by atoms with van der Waals surface area (Å²) in [5.41, 5.74) is 0. The maximum atomic E-state index is 5.32. The summed E-state index contributed by atoms with van der Waals surface area (Å²) in [5.74, 6) is 0.951. The van der Waals surface area contributed by atoms with E-state index in [4.69, 9.17) is 37.9 Å². The molecule has 0 amide bonds. The summed E-state index contributed by atoms with van der Waals surface area (Å²) in [6, 6.07) is 0. The highest BCUT2D eigenvalue weighted by Gasteiger charge is 2.42. The molecule has 1 heterocycles. The number of thiol groups is 9. The molecule has 0 aromatic carbocycles. The summed E-state index contributed by atoms with van der Waals surface area (Å²) in [6.07, 6.45) is 0.939. The van der Waals surface area contributed by atoms with Crippen LogP contribution in [0.15, 0.2) is 9.14 Å². The van der Waals surface area contributed by atoms with Gasteiger partial charge in [-0.2, -0.15) is 114 Å². The van der Waals surface area contributed by atoms with Crippen molar-refractivity contribution in [2.45, 2.75) is 37.3 Å². The fraction of sp³-hybridized carbons (Fsp3) is 0.882. The fourth-order valence-electron chi connectivity index (χ4n) is 3.24. The van der Waals surface area contributed by atoms with Crippen LogP contribution in [0.1, 0.15) is 6.42 Å². The Morgan fingerprint density at radius 1 is 0.697 bits per heavy atom. The number of hydrogen-bond donors (Lipinski definition) is 9. The van der Waals surface area contributed by atoms with E-state index in [2.05, 4.69) is 75.8 Å². The monoisotopic (exact) mass is 748 g/mol. The molecule has 0 nitrogen and oxygen atoms in total. The maximum Gasteiger partial charge on any atom is 0.0568 e. The third-order valence-corrected chi connectivity index (χ3v) is 18.2. The van der Waals surface area contributed by atoms with E-state index in [0.29, 0.717) is 10.3 Å². The first-order valence-electron chi connectivity index (χ1n) is 9.67. The molecule has 0 aromatic heterocycles. The van der Waals surface area contributed by atoms with E-state index in [9.17, 15) is 0 Å². The molecule has 196 valence electrons. The Morgan fingerprint density at radius 2 is 1.27 bits per heavy atom. The molecule has 0 aliphatic carbocycles. The predicted molar refractivity (Wildman–Crippen MR) is 206 cm³/mol. The molecule has 0 fully saturated rings. The third kappa shape index (κ3) is 12.8. The Balaban J connectivity index is 3.31. The molecule has 33 heavy (non-hydrogen) atoms. The zero-order valence-electron chi connectivity index (χ0n) is 17.6. The van der Waals surface area contributed by atoms with Crippen LogP contribution >= 0.6 is 196 Å². The Morgan fingerprint density at radius 3 is 1.79 bits per heavy atom. The van der Waals surface area contributed by atoms with Crippen LogP contribution in [0.25, 0.3) is 0 Å². The van der Waals surface area contributed by atoms with Gasteiger partial charge in [-0.3, -0.25) is 0 Å². The van der Waals surface area contributed by atoms with Gasteiger partial charge in [0.1, 0.15) is 0 Å². The first-order valence-corrected chi connectivity index (χ1v) is 22.2. The minimum atomic E-state index is 0.0990. The van der Waals surface area contributed by atoms with Crippen molar-refractivity contribution in [3.8, 4) is 0 Å². The molecule has 0 aromatic rings. The minimum Gasteiger partial charge on any atom is -0.178 e. The lowest BCUT2D eigenvalue weighted by atomic mass is 9.95. The Kier molecular flexibility index (Phi) is 24.2. The molecule has 1 rings (SSSR count). The Bertz CT molecular complexity index is 541. The molecule has 0 N–H and O–H groups in total. The predicted octanol–water partition coefficient (Wildman–Crippen LogP) is 8.59. The van der Waals surface area contributed by atoms with Gasteiger partial charge in [0.05, 0.1) is 8.82 Å². The van der Waals surface area contributed by atoms with Crippen LogP contribution in [0.5, 0.6) is 0 Å². The summed E-state index contributed by atoms with van der Waals surface area (Å²) in [6.45, 7) is 0. The molecule has 16 heteroatoms. The van der Waals surface area contributed by atoms with Gasteiger partial charge in [0.2, 0.25) is 0 Å². The lowest BCUT2D eigenvalue weighted by Crippen LogP contribution is -2.45. The first kappa shape index (κ1) is 36.4. The van der Waals surface area contributed by atoms with E-state index in [0.717, 1.165) is 36.9 Å². The van der Waals surface area contributed by atoms with Gasteiger partial charge in [0, 0.05) is 73.3 Å². The summed E-state index contributed by atoms with van der Waals surface area (Å²) >= 11 is 55.7. The van der Waals surface area contributed by atoms with Crippen LogP contribution < -0.4 is 0 Å². The normalized spacial score (nSPS) is 20.2. The molecule has 0 bridgehead atoms. The van der Waals surface area contributed by atoms with Crippen LogP contribution in [0.4, 0.5) is 0 Å². The van der Waals surface area contributed by atoms with E-state index in [1.54, 1.807) is 0 Å². The molecule has 0 spiro atoms. The second-order valence-corrected chi connectivity index (χ2v) is 21.0. The van der Waals surface area contributed by atoms with Crippen molar-refractivity contribution in [1.29, 1.82) is 0 Å². The number of hydrogen-bond acceptors (Lipinski definition) is 16. The average molecular weight is 750 g/mol. The molecule has 1 aliphatic rings. The van der Waals surface area contributed by atoms with Crippen molar-refractivity contribution in [2.75, 3.05) is 36.3 Å². The summed E-state index contributed by atoms with van der Waals surface area (Å²) < 4.78 is 1.70. The Labute approximate surface area is 280 Å². The number of allylic oxidation sites excluding steroid dienone is 1. The van der Waals surface area contributed by atoms with Gasteiger partial charge < -0.3 is 0 Å². The molecule has 6 atom stereocenters. The molecular formula is C17H32S16.